The molecule has 0 bridgehead atoms. The van der Waals surface area contributed by atoms with Crippen LogP contribution in [0.15, 0.2) is 24.7 Å². The third kappa shape index (κ3) is 2.80. The van der Waals surface area contributed by atoms with Gasteiger partial charge in [0.25, 0.3) is 5.91 Å². The Kier molecular flexibility index (Phi) is 3.70. The van der Waals surface area contributed by atoms with E-state index in [2.05, 4.69) is 25.3 Å². The van der Waals surface area contributed by atoms with E-state index in [1.165, 1.54) is 6.33 Å². The monoisotopic (exact) mass is 335 g/mol. The highest BCUT2D eigenvalue weighted by atomic mass is 19.4. The molecule has 0 aromatic carbocycles. The molecule has 2 N–H and O–H groups in total. The van der Waals surface area contributed by atoms with Crippen LogP contribution in [0.3, 0.4) is 0 Å². The standard InChI is InChI=1S/C15H12F3N5O/c1-7-8(2)22-12-11(7)13(21-6-20-12)23-14(24)9-3-4-10(19-5-9)15(16,17)18/h3-6H,1-2H3,(H2,20,21,22,23,24). The number of hydrogen-bond donors (Lipinski definition) is 2. The number of amides is 1. The molecule has 3 aromatic rings. The van der Waals surface area contributed by atoms with E-state index in [1.54, 1.807) is 0 Å². The molecule has 0 saturated carbocycles. The molecule has 0 radical (unpaired) electrons. The molecule has 3 heterocycles. The molecule has 0 unspecified atom stereocenters. The molecule has 0 atom stereocenters. The number of alkyl halides is 3. The van der Waals surface area contributed by atoms with Gasteiger partial charge in [-0.05, 0) is 31.5 Å². The van der Waals surface area contributed by atoms with Crippen molar-refractivity contribution in [2.45, 2.75) is 20.0 Å². The SMILES string of the molecule is Cc1[nH]c2ncnc(NC(=O)c3ccc(C(F)(F)F)nc3)c2c1C. The molecule has 0 aliphatic carbocycles. The Morgan fingerprint density at radius 3 is 2.54 bits per heavy atom. The molecule has 0 aliphatic heterocycles. The lowest BCUT2D eigenvalue weighted by molar-refractivity contribution is -0.141. The number of carbonyl (C=O) groups excluding carboxylic acids is 1. The van der Waals surface area contributed by atoms with Gasteiger partial charge in [-0.15, -0.1) is 0 Å². The van der Waals surface area contributed by atoms with Crippen molar-refractivity contribution in [3.8, 4) is 0 Å². The third-order valence-corrected chi connectivity index (χ3v) is 3.64. The molecule has 3 rings (SSSR count). The zero-order valence-corrected chi connectivity index (χ0v) is 12.7. The van der Waals surface area contributed by atoms with Gasteiger partial charge in [0, 0.05) is 11.9 Å². The van der Waals surface area contributed by atoms with Crippen LogP contribution >= 0.6 is 0 Å². The quantitative estimate of drug-likeness (QED) is 0.753. The average molecular weight is 335 g/mol. The van der Waals surface area contributed by atoms with Gasteiger partial charge in [0.05, 0.1) is 10.9 Å². The minimum atomic E-state index is -4.55. The Morgan fingerprint density at radius 2 is 1.92 bits per heavy atom. The lowest BCUT2D eigenvalue weighted by Gasteiger charge is -2.08. The first kappa shape index (κ1) is 15.9. The Labute approximate surface area is 134 Å². The number of pyridine rings is 1. The maximum atomic E-state index is 12.5. The smallest absolute Gasteiger partial charge is 0.343 e. The molecule has 0 aliphatic rings. The maximum Gasteiger partial charge on any atom is 0.433 e. The van der Waals surface area contributed by atoms with E-state index in [-0.39, 0.29) is 11.4 Å². The van der Waals surface area contributed by atoms with Gasteiger partial charge in [0.1, 0.15) is 23.5 Å². The Bertz CT molecular complexity index is 915. The summed E-state index contributed by atoms with van der Waals surface area (Å²) in [5.41, 5.74) is 1.28. The molecule has 0 saturated heterocycles. The average Bonchev–Trinajstić information content (AvgIpc) is 2.82. The summed E-state index contributed by atoms with van der Waals surface area (Å²) in [5.74, 6) is -0.318. The van der Waals surface area contributed by atoms with E-state index in [0.29, 0.717) is 11.0 Å². The lowest BCUT2D eigenvalue weighted by Crippen LogP contribution is -2.15. The van der Waals surface area contributed by atoms with Crippen LogP contribution in [-0.2, 0) is 6.18 Å². The Morgan fingerprint density at radius 1 is 1.17 bits per heavy atom. The number of H-pyrrole nitrogens is 1. The molecule has 24 heavy (non-hydrogen) atoms. The topological polar surface area (TPSA) is 83.6 Å². The second-order valence-corrected chi connectivity index (χ2v) is 5.20. The van der Waals surface area contributed by atoms with Crippen molar-refractivity contribution in [2.75, 3.05) is 5.32 Å². The van der Waals surface area contributed by atoms with Crippen molar-refractivity contribution in [1.82, 2.24) is 19.9 Å². The van der Waals surface area contributed by atoms with Gasteiger partial charge in [0.15, 0.2) is 0 Å². The van der Waals surface area contributed by atoms with E-state index >= 15 is 0 Å². The van der Waals surface area contributed by atoms with Gasteiger partial charge in [-0.1, -0.05) is 0 Å². The number of nitrogens with zero attached hydrogens (tertiary/aromatic N) is 3. The van der Waals surface area contributed by atoms with Crippen molar-refractivity contribution < 1.29 is 18.0 Å². The van der Waals surface area contributed by atoms with E-state index in [0.717, 1.165) is 29.6 Å². The summed E-state index contributed by atoms with van der Waals surface area (Å²) in [6.45, 7) is 3.72. The van der Waals surface area contributed by atoms with Gasteiger partial charge >= 0.3 is 6.18 Å². The summed E-state index contributed by atoms with van der Waals surface area (Å²) in [4.78, 5) is 26.7. The lowest BCUT2D eigenvalue weighted by atomic mass is 10.2. The summed E-state index contributed by atoms with van der Waals surface area (Å²) >= 11 is 0. The fourth-order valence-electron chi connectivity index (χ4n) is 2.26. The first-order valence-electron chi connectivity index (χ1n) is 6.92. The van der Waals surface area contributed by atoms with E-state index in [9.17, 15) is 18.0 Å². The van der Waals surface area contributed by atoms with Crippen LogP contribution < -0.4 is 5.32 Å². The Hall–Kier alpha value is -2.97. The first-order chi connectivity index (χ1) is 11.3. The number of anilines is 1. The van der Waals surface area contributed by atoms with E-state index in [4.69, 9.17) is 0 Å². The van der Waals surface area contributed by atoms with Crippen molar-refractivity contribution in [2.24, 2.45) is 0 Å². The van der Waals surface area contributed by atoms with Crippen LogP contribution in [0, 0.1) is 13.8 Å². The van der Waals surface area contributed by atoms with Gasteiger partial charge in [-0.2, -0.15) is 13.2 Å². The third-order valence-electron chi connectivity index (χ3n) is 3.64. The van der Waals surface area contributed by atoms with Crippen molar-refractivity contribution in [3.05, 3.63) is 47.2 Å². The first-order valence-corrected chi connectivity index (χ1v) is 6.92. The zero-order valence-electron chi connectivity index (χ0n) is 12.7. The predicted octanol–water partition coefficient (Wildman–Crippen LogP) is 3.24. The fourth-order valence-corrected chi connectivity index (χ4v) is 2.26. The minimum Gasteiger partial charge on any atom is -0.343 e. The number of hydrogen-bond acceptors (Lipinski definition) is 4. The highest BCUT2D eigenvalue weighted by molar-refractivity contribution is 6.07. The fraction of sp³-hybridized carbons (Fsp3) is 0.200. The Balaban J connectivity index is 1.90. The summed E-state index contributed by atoms with van der Waals surface area (Å²) in [5, 5.41) is 3.24. The molecule has 1 amide bonds. The highest BCUT2D eigenvalue weighted by Crippen LogP contribution is 2.28. The van der Waals surface area contributed by atoms with Crippen LogP contribution in [0.2, 0.25) is 0 Å². The van der Waals surface area contributed by atoms with Crippen LogP contribution in [0.25, 0.3) is 11.0 Å². The van der Waals surface area contributed by atoms with Crippen LogP contribution in [0.4, 0.5) is 19.0 Å². The second kappa shape index (κ2) is 5.59. The summed E-state index contributed by atoms with van der Waals surface area (Å²) in [6, 6.07) is 1.83. The summed E-state index contributed by atoms with van der Waals surface area (Å²) < 4.78 is 37.5. The normalized spacial score (nSPS) is 11.7. The molecule has 6 nitrogen and oxygen atoms in total. The molecule has 9 heteroatoms. The minimum absolute atomic E-state index is 0.000303. The number of aromatic amines is 1. The van der Waals surface area contributed by atoms with Gasteiger partial charge in [-0.3, -0.25) is 9.78 Å². The summed E-state index contributed by atoms with van der Waals surface area (Å²) in [7, 11) is 0. The van der Waals surface area contributed by atoms with Gasteiger partial charge in [-0.25, -0.2) is 9.97 Å². The number of rotatable bonds is 2. The molecular formula is C15H12F3N5O. The second-order valence-electron chi connectivity index (χ2n) is 5.20. The van der Waals surface area contributed by atoms with Crippen molar-refractivity contribution >= 4 is 22.8 Å². The number of aryl methyl sites for hydroxylation is 2. The number of halogens is 3. The predicted molar refractivity (Wildman–Crippen MR) is 80.6 cm³/mol. The van der Waals surface area contributed by atoms with Crippen LogP contribution in [0.1, 0.15) is 27.3 Å². The van der Waals surface area contributed by atoms with Crippen molar-refractivity contribution in [3.63, 3.8) is 0 Å². The number of fused-ring (bicyclic) bond motifs is 1. The van der Waals surface area contributed by atoms with Crippen LogP contribution in [-0.4, -0.2) is 25.8 Å². The number of aromatic nitrogens is 4. The number of carbonyl (C=O) groups is 1. The van der Waals surface area contributed by atoms with E-state index in [1.807, 2.05) is 13.8 Å². The zero-order chi connectivity index (χ0) is 17.5. The largest absolute Gasteiger partial charge is 0.433 e. The molecule has 124 valence electrons. The number of nitrogens with one attached hydrogen (secondary N) is 2. The summed E-state index contributed by atoms with van der Waals surface area (Å²) in [6.07, 6.45) is -2.38. The van der Waals surface area contributed by atoms with Gasteiger partial charge in [0.2, 0.25) is 0 Å². The van der Waals surface area contributed by atoms with Gasteiger partial charge < -0.3 is 10.3 Å². The molecule has 0 fully saturated rings. The van der Waals surface area contributed by atoms with Crippen LogP contribution in [0.5, 0.6) is 0 Å². The molecule has 3 aromatic heterocycles. The maximum absolute atomic E-state index is 12.5. The van der Waals surface area contributed by atoms with E-state index < -0.39 is 17.8 Å². The van der Waals surface area contributed by atoms with Crippen molar-refractivity contribution in [1.29, 1.82) is 0 Å². The molecular weight excluding hydrogens is 323 g/mol. The highest BCUT2D eigenvalue weighted by Gasteiger charge is 2.32. The molecule has 0 spiro atoms.